The number of carbonyl (C=O) groups excluding carboxylic acids is 1. The van der Waals surface area contributed by atoms with Crippen molar-refractivity contribution >= 4 is 6.29 Å². The molecule has 4 aromatic carbocycles. The van der Waals surface area contributed by atoms with Gasteiger partial charge in [0.25, 0.3) is 0 Å². The maximum Gasteiger partial charge on any atom is 0.183 e. The lowest BCUT2D eigenvalue weighted by Crippen LogP contribution is -2.33. The van der Waals surface area contributed by atoms with Gasteiger partial charge in [0.2, 0.25) is 0 Å². The van der Waals surface area contributed by atoms with Crippen LogP contribution in [0.15, 0.2) is 60.7 Å². The highest BCUT2D eigenvalue weighted by atomic mass is 16.7. The van der Waals surface area contributed by atoms with Crippen LogP contribution in [0, 0.1) is 5.41 Å². The van der Waals surface area contributed by atoms with Gasteiger partial charge in [-0.3, -0.25) is 4.79 Å². The van der Waals surface area contributed by atoms with Crippen LogP contribution < -0.4 is 18.9 Å². The molecule has 336 valence electrons. The minimum Gasteiger partial charge on any atom is -0.491 e. The van der Waals surface area contributed by atoms with E-state index in [0.717, 1.165) is 73.6 Å². The maximum atomic E-state index is 12.6. The molecule has 4 aromatic rings. The molecule has 8 bridgehead atoms. The second kappa shape index (κ2) is 23.8. The van der Waals surface area contributed by atoms with Gasteiger partial charge in [-0.1, -0.05) is 50.2 Å². The Bertz CT molecular complexity index is 1920. The number of hydrogen-bond donors (Lipinski definition) is 0. The molecule has 62 heavy (non-hydrogen) atoms. The fourth-order valence-electron chi connectivity index (χ4n) is 7.96. The number of para-hydroxylation sites is 2. The van der Waals surface area contributed by atoms with Gasteiger partial charge in [0, 0.05) is 68.7 Å². The lowest BCUT2D eigenvalue weighted by atomic mass is 9.89. The summed E-state index contributed by atoms with van der Waals surface area (Å²) in [4.78, 5) is 12.6. The lowest BCUT2D eigenvalue weighted by molar-refractivity contribution is -0.226. The second-order valence-electron chi connectivity index (χ2n) is 16.3. The Kier molecular flexibility index (Phi) is 18.1. The van der Waals surface area contributed by atoms with Crippen LogP contribution in [-0.2, 0) is 54.1 Å². The van der Waals surface area contributed by atoms with Crippen molar-refractivity contribution in [3.8, 4) is 23.0 Å². The average molecular weight is 855 g/mol. The maximum absolute atomic E-state index is 12.6. The highest BCUT2D eigenvalue weighted by Gasteiger charge is 2.31. The van der Waals surface area contributed by atoms with Gasteiger partial charge < -0.3 is 47.4 Å². The number of fused-ring (bicyclic) bond motifs is 8. The predicted molar refractivity (Wildman–Crippen MR) is 239 cm³/mol. The van der Waals surface area contributed by atoms with Crippen molar-refractivity contribution in [3.05, 3.63) is 116 Å². The van der Waals surface area contributed by atoms with Crippen LogP contribution in [0.2, 0.25) is 0 Å². The molecule has 0 aromatic heterocycles. The molecule has 1 aliphatic heterocycles. The van der Waals surface area contributed by atoms with Crippen LogP contribution >= 0.6 is 0 Å². The van der Waals surface area contributed by atoms with Gasteiger partial charge in [-0.2, -0.15) is 0 Å². The number of hydrogen-bond acceptors (Lipinski definition) is 11. The molecule has 2 aliphatic rings. The van der Waals surface area contributed by atoms with E-state index in [1.54, 1.807) is 0 Å². The number of rotatable bonds is 22. The number of ether oxygens (including phenoxy) is 10. The van der Waals surface area contributed by atoms with Gasteiger partial charge in [0.05, 0.1) is 39.6 Å². The summed E-state index contributed by atoms with van der Waals surface area (Å²) in [6, 6.07) is 20.7. The second-order valence-corrected chi connectivity index (χ2v) is 16.3. The van der Waals surface area contributed by atoms with Crippen molar-refractivity contribution in [3.63, 3.8) is 0 Å². The molecule has 6 rings (SSSR count). The molecule has 0 radical (unpaired) electrons. The summed E-state index contributed by atoms with van der Waals surface area (Å²) in [5, 5.41) is 0. The van der Waals surface area contributed by atoms with Gasteiger partial charge in [0.15, 0.2) is 6.29 Å². The van der Waals surface area contributed by atoms with Crippen molar-refractivity contribution in [1.82, 2.24) is 0 Å². The largest absolute Gasteiger partial charge is 0.491 e. The van der Waals surface area contributed by atoms with E-state index < -0.39 is 6.29 Å². The molecule has 0 saturated carbocycles. The first-order valence-corrected chi connectivity index (χ1v) is 22.3. The first kappa shape index (κ1) is 47.0. The standard InChI is InChI=1S/C51H66O11/c1-7-53-17-21-57-46-37-13-11-15-39(46)29-43-31-45(50-61-34-51(5,6)35-62-50)32-44(49(43)60-24-20-56-10-4)30-40-16-12-14-38(47(40)58-22-18-54-8-2)28-42-26-36(33-52)25-41(27-37)48(42)59-23-19-55-9-3/h11-16,25-26,31-33,50H,7-10,17-24,27-30,34-35H2,1-6H3. The summed E-state index contributed by atoms with van der Waals surface area (Å²) >= 11 is 0. The fourth-order valence-corrected chi connectivity index (χ4v) is 7.96. The number of benzene rings is 4. The molecular weight excluding hydrogens is 789 g/mol. The summed E-state index contributed by atoms with van der Waals surface area (Å²) in [5.41, 5.74) is 8.89. The Morgan fingerprint density at radius 3 is 1.15 bits per heavy atom. The van der Waals surface area contributed by atoms with Crippen molar-refractivity contribution in [1.29, 1.82) is 0 Å². The molecule has 1 aliphatic carbocycles. The molecule has 1 heterocycles. The van der Waals surface area contributed by atoms with Gasteiger partial charge >= 0.3 is 0 Å². The number of aldehydes is 1. The first-order valence-electron chi connectivity index (χ1n) is 22.3. The fraction of sp³-hybridized carbons (Fsp3) is 0.510. The molecule has 0 spiro atoms. The normalized spacial score (nSPS) is 14.9. The van der Waals surface area contributed by atoms with Gasteiger partial charge in [-0.25, -0.2) is 0 Å². The zero-order valence-corrected chi connectivity index (χ0v) is 37.6. The van der Waals surface area contributed by atoms with Crippen LogP contribution in [0.1, 0.15) is 108 Å². The van der Waals surface area contributed by atoms with Gasteiger partial charge in [-0.05, 0) is 96.5 Å². The molecule has 11 heteroatoms. The highest BCUT2D eigenvalue weighted by molar-refractivity contribution is 5.77. The van der Waals surface area contributed by atoms with E-state index in [0.29, 0.717) is 129 Å². The van der Waals surface area contributed by atoms with Crippen LogP contribution in [0.3, 0.4) is 0 Å². The monoisotopic (exact) mass is 854 g/mol. The van der Waals surface area contributed by atoms with Crippen LogP contribution in [-0.4, -0.2) is 98.8 Å². The van der Waals surface area contributed by atoms with E-state index in [1.165, 1.54) is 0 Å². The molecule has 11 nitrogen and oxygen atoms in total. The summed E-state index contributed by atoms with van der Waals surface area (Å²) < 4.78 is 62.6. The molecule has 1 fully saturated rings. The van der Waals surface area contributed by atoms with Crippen molar-refractivity contribution in [2.75, 3.05) is 92.5 Å². The Balaban J connectivity index is 1.59. The predicted octanol–water partition coefficient (Wildman–Crippen LogP) is 8.91. The molecule has 0 amide bonds. The molecule has 1 saturated heterocycles. The van der Waals surface area contributed by atoms with E-state index >= 15 is 0 Å². The van der Waals surface area contributed by atoms with Crippen molar-refractivity contribution < 1.29 is 52.2 Å². The summed E-state index contributed by atoms with van der Waals surface area (Å²) in [6.45, 7) is 18.9. The molecule has 0 atom stereocenters. The van der Waals surface area contributed by atoms with E-state index in [2.05, 4.69) is 62.4 Å². The molecule has 0 N–H and O–H groups in total. The zero-order chi connectivity index (χ0) is 43.7. The Hall–Kier alpha value is -4.49. The highest BCUT2D eigenvalue weighted by Crippen LogP contribution is 2.41. The van der Waals surface area contributed by atoms with Crippen LogP contribution in [0.5, 0.6) is 23.0 Å². The molecular formula is C51H66O11. The third-order valence-electron chi connectivity index (χ3n) is 10.8. The quantitative estimate of drug-likeness (QED) is 0.0492. The van der Waals surface area contributed by atoms with E-state index in [-0.39, 0.29) is 5.41 Å². The summed E-state index contributed by atoms with van der Waals surface area (Å²) in [5.74, 6) is 3.01. The molecule has 0 unspecified atom stereocenters. The third-order valence-corrected chi connectivity index (χ3v) is 10.8. The lowest BCUT2D eigenvalue weighted by Gasteiger charge is -2.35. The SMILES string of the molecule is CCOCCOc1c2cccc1Cc1cc(C3OCC(C)(C)CO3)cc(c1OCCOCC)Cc1cccc(c1OCCOCC)Cc1cc(C=O)cc(c1OCCOCC)C2. The summed E-state index contributed by atoms with van der Waals surface area (Å²) in [7, 11) is 0. The van der Waals surface area contributed by atoms with Crippen molar-refractivity contribution in [2.45, 2.75) is 73.5 Å². The van der Waals surface area contributed by atoms with Gasteiger partial charge in [0.1, 0.15) is 55.7 Å². The smallest absolute Gasteiger partial charge is 0.183 e. The van der Waals surface area contributed by atoms with E-state index in [9.17, 15) is 4.79 Å². The average Bonchev–Trinajstić information content (AvgIpc) is 3.26. The Morgan fingerprint density at radius 2 is 0.823 bits per heavy atom. The Labute approximate surface area is 368 Å². The topological polar surface area (TPSA) is 109 Å². The third kappa shape index (κ3) is 12.8. The first-order chi connectivity index (χ1) is 30.3. The minimum atomic E-state index is -0.553. The summed E-state index contributed by atoms with van der Waals surface area (Å²) in [6.07, 6.45) is 2.20. The van der Waals surface area contributed by atoms with Gasteiger partial charge in [-0.15, -0.1) is 0 Å². The van der Waals surface area contributed by atoms with Crippen molar-refractivity contribution in [2.24, 2.45) is 5.41 Å². The zero-order valence-electron chi connectivity index (χ0n) is 37.6. The minimum absolute atomic E-state index is 0.100. The van der Waals surface area contributed by atoms with Crippen LogP contribution in [0.4, 0.5) is 0 Å². The Morgan fingerprint density at radius 1 is 0.500 bits per heavy atom. The van der Waals surface area contributed by atoms with E-state index in [4.69, 9.17) is 47.4 Å². The number of carbonyl (C=O) groups is 1. The van der Waals surface area contributed by atoms with E-state index in [1.807, 2.05) is 39.8 Å². The van der Waals surface area contributed by atoms with Crippen LogP contribution in [0.25, 0.3) is 0 Å².